The number of likely N-dealkylation sites (tertiary alicyclic amines) is 1. The Morgan fingerprint density at radius 2 is 1.76 bits per heavy atom. The van der Waals surface area contributed by atoms with Gasteiger partial charge in [0.2, 0.25) is 11.8 Å². The number of nitro benzene ring substituents is 1. The molecule has 4 amide bonds. The molecule has 4 aliphatic rings. The maximum atomic E-state index is 14.0. The summed E-state index contributed by atoms with van der Waals surface area (Å²) in [5, 5.41) is 21.3. The van der Waals surface area contributed by atoms with Crippen molar-refractivity contribution in [3.05, 3.63) is 69.8 Å². The highest BCUT2D eigenvalue weighted by molar-refractivity contribution is 9.09. The van der Waals surface area contributed by atoms with Crippen LogP contribution < -0.4 is 9.64 Å². The van der Waals surface area contributed by atoms with Crippen molar-refractivity contribution in [2.24, 2.45) is 17.8 Å². The molecule has 6 unspecified atom stereocenters. The number of allylic oxidation sites excluding steroid dienone is 2. The molecule has 0 bridgehead atoms. The van der Waals surface area contributed by atoms with Crippen LogP contribution in [-0.4, -0.2) is 60.9 Å². The van der Waals surface area contributed by atoms with Crippen LogP contribution in [0.15, 0.2) is 54.1 Å². The lowest BCUT2D eigenvalue weighted by Crippen LogP contribution is -2.60. The Morgan fingerprint density at radius 1 is 1.07 bits per heavy atom. The number of ether oxygens (including phenoxy) is 1. The standard InChI is InChI=1S/C28H22BrCl2N3O8/c1-42-20-10-15(35)6-7-17(20)22-16-8-9-18-21(19(16)11-27(30)25(38)32(12-29)26(39)28(22,27)31)24(37)33(23(18)36)13-2-4-14(5-3-13)34(40)41/h2-8,10,18-19,21-22,35H,9,11-12H2,1H3. The summed E-state index contributed by atoms with van der Waals surface area (Å²) in [6.07, 6.45) is 1.74. The van der Waals surface area contributed by atoms with Gasteiger partial charge in [0.1, 0.15) is 11.5 Å². The number of hydrogen-bond donors (Lipinski definition) is 1. The minimum atomic E-state index is -2.01. The fraction of sp³-hybridized carbons (Fsp3) is 0.357. The monoisotopic (exact) mass is 677 g/mol. The Hall–Kier alpha value is -3.48. The number of aromatic hydroxyl groups is 1. The van der Waals surface area contributed by atoms with Crippen molar-refractivity contribution in [1.29, 1.82) is 0 Å². The second kappa shape index (κ2) is 9.78. The van der Waals surface area contributed by atoms with Crippen LogP contribution in [0.3, 0.4) is 0 Å². The van der Waals surface area contributed by atoms with Crippen molar-refractivity contribution in [3.63, 3.8) is 0 Å². The van der Waals surface area contributed by atoms with Gasteiger partial charge in [0, 0.05) is 29.7 Å². The molecule has 2 heterocycles. The summed E-state index contributed by atoms with van der Waals surface area (Å²) in [6, 6.07) is 9.38. The van der Waals surface area contributed by atoms with Crippen molar-refractivity contribution in [3.8, 4) is 11.5 Å². The van der Waals surface area contributed by atoms with Crippen LogP contribution in [0.2, 0.25) is 0 Å². The predicted molar refractivity (Wildman–Crippen MR) is 154 cm³/mol. The number of imide groups is 2. The smallest absolute Gasteiger partial charge is 0.269 e. The van der Waals surface area contributed by atoms with E-state index in [4.69, 9.17) is 27.9 Å². The molecule has 6 rings (SSSR count). The first-order valence-electron chi connectivity index (χ1n) is 12.9. The van der Waals surface area contributed by atoms with Crippen LogP contribution in [0.1, 0.15) is 24.3 Å². The van der Waals surface area contributed by atoms with Gasteiger partial charge in [0.15, 0.2) is 9.75 Å². The molecule has 6 atom stereocenters. The minimum Gasteiger partial charge on any atom is -0.508 e. The van der Waals surface area contributed by atoms with E-state index in [1.54, 1.807) is 6.08 Å². The third-order valence-electron chi connectivity index (χ3n) is 8.86. The minimum absolute atomic E-state index is 0.104. The van der Waals surface area contributed by atoms with Gasteiger partial charge in [-0.25, -0.2) is 0 Å². The molecule has 2 aliphatic heterocycles. The Labute approximate surface area is 257 Å². The number of carbonyl (C=O) groups is 4. The average molecular weight is 679 g/mol. The molecule has 218 valence electrons. The van der Waals surface area contributed by atoms with E-state index in [0.29, 0.717) is 11.1 Å². The summed E-state index contributed by atoms with van der Waals surface area (Å²) in [5.41, 5.74) is 0.778. The number of carbonyl (C=O) groups excluding carboxylic acids is 4. The van der Waals surface area contributed by atoms with Gasteiger partial charge < -0.3 is 9.84 Å². The third-order valence-corrected chi connectivity index (χ3v) is 10.8. The van der Waals surface area contributed by atoms with E-state index in [1.165, 1.54) is 49.6 Å². The summed E-state index contributed by atoms with van der Waals surface area (Å²) in [6.45, 7) is 0. The highest BCUT2D eigenvalue weighted by Gasteiger charge is 2.76. The molecule has 3 fully saturated rings. The Morgan fingerprint density at radius 3 is 2.38 bits per heavy atom. The zero-order valence-corrected chi connectivity index (χ0v) is 24.9. The molecule has 42 heavy (non-hydrogen) atoms. The maximum absolute atomic E-state index is 14.0. The van der Waals surface area contributed by atoms with Crippen LogP contribution in [0.4, 0.5) is 11.4 Å². The van der Waals surface area contributed by atoms with E-state index < -0.39 is 62.0 Å². The fourth-order valence-electron chi connectivity index (χ4n) is 7.01. The van der Waals surface area contributed by atoms with Gasteiger partial charge in [0.25, 0.3) is 17.5 Å². The lowest BCUT2D eigenvalue weighted by atomic mass is 9.56. The van der Waals surface area contributed by atoms with E-state index in [-0.39, 0.29) is 41.2 Å². The largest absolute Gasteiger partial charge is 0.508 e. The number of non-ortho nitro benzene ring substituents is 1. The van der Waals surface area contributed by atoms with Crippen molar-refractivity contribution in [2.75, 3.05) is 17.5 Å². The maximum Gasteiger partial charge on any atom is 0.269 e. The molecule has 14 heteroatoms. The second-order valence-electron chi connectivity index (χ2n) is 10.7. The van der Waals surface area contributed by atoms with Gasteiger partial charge in [-0.1, -0.05) is 33.6 Å². The molecule has 0 radical (unpaired) electrons. The van der Waals surface area contributed by atoms with Gasteiger partial charge in [-0.05, 0) is 37.0 Å². The average Bonchev–Trinajstić information content (AvgIpc) is 3.31. The molecule has 11 nitrogen and oxygen atoms in total. The number of alkyl halides is 3. The summed E-state index contributed by atoms with van der Waals surface area (Å²) in [7, 11) is 1.38. The zero-order valence-electron chi connectivity index (χ0n) is 21.8. The summed E-state index contributed by atoms with van der Waals surface area (Å²) in [4.78, 5) is 63.7. The van der Waals surface area contributed by atoms with Crippen molar-refractivity contribution < 1.29 is 33.9 Å². The van der Waals surface area contributed by atoms with Crippen LogP contribution in [0, 0.1) is 27.9 Å². The number of benzene rings is 2. The Balaban J connectivity index is 1.51. The second-order valence-corrected chi connectivity index (χ2v) is 12.4. The first-order valence-corrected chi connectivity index (χ1v) is 14.8. The zero-order chi connectivity index (χ0) is 30.3. The normalized spacial score (nSPS) is 32.0. The van der Waals surface area contributed by atoms with Crippen LogP contribution in [0.5, 0.6) is 11.5 Å². The van der Waals surface area contributed by atoms with Gasteiger partial charge in [0.05, 0.1) is 35.0 Å². The van der Waals surface area contributed by atoms with E-state index >= 15 is 0 Å². The van der Waals surface area contributed by atoms with E-state index in [2.05, 4.69) is 15.9 Å². The summed E-state index contributed by atoms with van der Waals surface area (Å²) < 4.78 is 5.54. The van der Waals surface area contributed by atoms with E-state index in [9.17, 15) is 34.4 Å². The van der Waals surface area contributed by atoms with Crippen LogP contribution >= 0.6 is 39.1 Å². The molecule has 0 aromatic heterocycles. The highest BCUT2D eigenvalue weighted by atomic mass is 79.9. The lowest BCUT2D eigenvalue weighted by molar-refractivity contribution is -0.384. The van der Waals surface area contributed by atoms with Gasteiger partial charge >= 0.3 is 0 Å². The van der Waals surface area contributed by atoms with E-state index in [0.717, 1.165) is 9.80 Å². The Kier molecular flexibility index (Phi) is 6.67. The number of nitro groups is 1. The first-order chi connectivity index (χ1) is 19.9. The quantitative estimate of drug-likeness (QED) is 0.123. The number of amides is 4. The molecule has 2 aliphatic carbocycles. The van der Waals surface area contributed by atoms with Crippen LogP contribution in [-0.2, 0) is 19.2 Å². The fourth-order valence-corrected chi connectivity index (χ4v) is 8.43. The number of hydrogen-bond acceptors (Lipinski definition) is 8. The molecule has 1 N–H and O–H groups in total. The molecule has 2 saturated heterocycles. The van der Waals surface area contributed by atoms with E-state index in [1.807, 2.05) is 0 Å². The van der Waals surface area contributed by atoms with Gasteiger partial charge in [-0.2, -0.15) is 0 Å². The molecular weight excluding hydrogens is 657 g/mol. The number of phenols is 1. The van der Waals surface area contributed by atoms with Crippen molar-refractivity contribution in [2.45, 2.75) is 28.5 Å². The SMILES string of the molecule is COc1cc(O)ccc1C1C2=CCC3C(=O)N(c4ccc([N+](=O)[O-])cc4)C(=O)C3C2CC2(Cl)C(=O)N(CBr)C(=O)C12Cl. The molecule has 2 aromatic carbocycles. The summed E-state index contributed by atoms with van der Waals surface area (Å²) >= 11 is 17.6. The molecule has 0 spiro atoms. The number of methoxy groups -OCH3 is 1. The molecular formula is C28H22BrCl2N3O8. The number of halogens is 3. The number of phenolic OH excluding ortho intramolecular Hbond substituents is 1. The summed E-state index contributed by atoms with van der Waals surface area (Å²) in [5.74, 6) is -5.90. The topological polar surface area (TPSA) is 147 Å². The third kappa shape index (κ3) is 3.64. The highest BCUT2D eigenvalue weighted by Crippen LogP contribution is 2.66. The molecule has 1 saturated carbocycles. The van der Waals surface area contributed by atoms with Gasteiger partial charge in [-0.15, -0.1) is 23.2 Å². The predicted octanol–water partition coefficient (Wildman–Crippen LogP) is 4.22. The molecule has 2 aromatic rings. The lowest BCUT2D eigenvalue weighted by Gasteiger charge is -2.50. The number of nitrogens with zero attached hydrogens (tertiary/aromatic N) is 3. The van der Waals surface area contributed by atoms with Crippen molar-refractivity contribution in [1.82, 2.24) is 4.90 Å². The van der Waals surface area contributed by atoms with Crippen molar-refractivity contribution >= 4 is 74.1 Å². The first kappa shape index (κ1) is 28.6. The number of fused-ring (bicyclic) bond motifs is 4. The van der Waals surface area contributed by atoms with Crippen LogP contribution in [0.25, 0.3) is 0 Å². The Bertz CT molecular complexity index is 1620. The number of rotatable bonds is 5. The van der Waals surface area contributed by atoms with Gasteiger partial charge in [-0.3, -0.25) is 39.1 Å². The number of anilines is 1.